The number of benzene rings is 1. The van der Waals surface area contributed by atoms with Crippen LogP contribution in [0.4, 0.5) is 11.4 Å². The minimum atomic E-state index is -0.0308. The van der Waals surface area contributed by atoms with Crippen molar-refractivity contribution >= 4 is 17.2 Å². The molecule has 2 rings (SSSR count). The third-order valence-corrected chi connectivity index (χ3v) is 2.83. The van der Waals surface area contributed by atoms with E-state index in [1.54, 1.807) is 23.0 Å². The second-order valence-electron chi connectivity index (χ2n) is 4.16. The Labute approximate surface area is 106 Å². The van der Waals surface area contributed by atoms with Gasteiger partial charge in [0, 0.05) is 30.2 Å². The van der Waals surface area contributed by atoms with Gasteiger partial charge in [-0.05, 0) is 31.2 Å². The van der Waals surface area contributed by atoms with E-state index >= 15 is 0 Å². The number of Topliss-reactive ketones (excluding diaryl/α,β-unsaturated/α-hetero) is 1. The van der Waals surface area contributed by atoms with Crippen LogP contribution in [-0.2, 0) is 13.6 Å². The Balaban J connectivity index is 2.13. The van der Waals surface area contributed by atoms with Crippen LogP contribution in [0.1, 0.15) is 23.0 Å². The molecule has 94 valence electrons. The second kappa shape index (κ2) is 4.91. The van der Waals surface area contributed by atoms with E-state index in [9.17, 15) is 4.79 Å². The molecule has 0 atom stereocenters. The molecule has 0 radical (unpaired) electrons. The van der Waals surface area contributed by atoms with E-state index in [4.69, 9.17) is 5.73 Å². The molecular formula is C13H16N4O. The van der Waals surface area contributed by atoms with E-state index in [1.165, 1.54) is 6.92 Å². The number of carbonyl (C=O) groups is 1. The number of carbonyl (C=O) groups excluding carboxylic acids is 1. The zero-order valence-corrected chi connectivity index (χ0v) is 10.5. The van der Waals surface area contributed by atoms with Crippen molar-refractivity contribution in [2.75, 3.05) is 11.1 Å². The van der Waals surface area contributed by atoms with Gasteiger partial charge >= 0.3 is 0 Å². The van der Waals surface area contributed by atoms with E-state index < -0.39 is 0 Å². The summed E-state index contributed by atoms with van der Waals surface area (Å²) in [4.78, 5) is 11.4. The van der Waals surface area contributed by atoms with E-state index in [0.717, 1.165) is 11.4 Å². The minimum absolute atomic E-state index is 0.0308. The zero-order valence-electron chi connectivity index (χ0n) is 10.5. The monoisotopic (exact) mass is 244 g/mol. The smallest absolute Gasteiger partial charge is 0.161 e. The van der Waals surface area contributed by atoms with Crippen molar-refractivity contribution < 1.29 is 4.79 Å². The summed E-state index contributed by atoms with van der Waals surface area (Å²) in [7, 11) is 1.89. The number of anilines is 2. The number of hydrogen-bond donors (Lipinski definition) is 2. The lowest BCUT2D eigenvalue weighted by molar-refractivity contribution is 0.101. The van der Waals surface area contributed by atoms with Crippen LogP contribution in [0.3, 0.4) is 0 Å². The van der Waals surface area contributed by atoms with Gasteiger partial charge in [-0.15, -0.1) is 0 Å². The first-order chi connectivity index (χ1) is 8.58. The molecule has 0 amide bonds. The van der Waals surface area contributed by atoms with Gasteiger partial charge in [-0.2, -0.15) is 5.10 Å². The molecule has 0 saturated carbocycles. The molecular weight excluding hydrogens is 228 g/mol. The number of aryl methyl sites for hydroxylation is 1. The molecule has 3 N–H and O–H groups in total. The van der Waals surface area contributed by atoms with Gasteiger partial charge in [-0.25, -0.2) is 0 Å². The number of rotatable bonds is 4. The lowest BCUT2D eigenvalue weighted by Crippen LogP contribution is -2.07. The summed E-state index contributed by atoms with van der Waals surface area (Å²) in [6.45, 7) is 2.16. The van der Waals surface area contributed by atoms with E-state index in [1.807, 2.05) is 19.2 Å². The van der Waals surface area contributed by atoms with Crippen LogP contribution in [0, 0.1) is 0 Å². The number of ketones is 1. The van der Waals surface area contributed by atoms with Crippen LogP contribution >= 0.6 is 0 Å². The molecule has 0 fully saturated rings. The zero-order chi connectivity index (χ0) is 13.1. The highest BCUT2D eigenvalue weighted by molar-refractivity contribution is 5.99. The standard InChI is InChI=1S/C13H16N4O/c1-9(18)12-7-10(3-4-13(12)14)15-8-11-5-6-16-17(11)2/h3-7,15H,8,14H2,1-2H3. The van der Waals surface area contributed by atoms with E-state index in [-0.39, 0.29) is 5.78 Å². The summed E-state index contributed by atoms with van der Waals surface area (Å²) in [5, 5.41) is 7.33. The van der Waals surface area contributed by atoms with E-state index in [0.29, 0.717) is 17.8 Å². The largest absolute Gasteiger partial charge is 0.398 e. The topological polar surface area (TPSA) is 72.9 Å². The summed E-state index contributed by atoms with van der Waals surface area (Å²) in [6.07, 6.45) is 1.75. The summed E-state index contributed by atoms with van der Waals surface area (Å²) in [5.74, 6) is -0.0308. The number of nitrogen functional groups attached to an aromatic ring is 1. The number of nitrogens with two attached hydrogens (primary N) is 1. The average Bonchev–Trinajstić information content (AvgIpc) is 2.73. The fourth-order valence-corrected chi connectivity index (χ4v) is 1.74. The van der Waals surface area contributed by atoms with Crippen molar-refractivity contribution in [1.82, 2.24) is 9.78 Å². The maximum Gasteiger partial charge on any atom is 0.161 e. The van der Waals surface area contributed by atoms with Crippen molar-refractivity contribution in [3.63, 3.8) is 0 Å². The Bertz CT molecular complexity index is 574. The Hall–Kier alpha value is -2.30. The molecule has 1 heterocycles. The highest BCUT2D eigenvalue weighted by Gasteiger charge is 2.06. The van der Waals surface area contributed by atoms with Crippen LogP contribution in [-0.4, -0.2) is 15.6 Å². The molecule has 0 aliphatic heterocycles. The third kappa shape index (κ3) is 2.51. The predicted octanol–water partition coefficient (Wildman–Crippen LogP) is 1.82. The first-order valence-corrected chi connectivity index (χ1v) is 5.69. The van der Waals surface area contributed by atoms with Crippen LogP contribution in [0.15, 0.2) is 30.5 Å². The first kappa shape index (κ1) is 12.2. The molecule has 18 heavy (non-hydrogen) atoms. The van der Waals surface area contributed by atoms with Gasteiger partial charge in [-0.3, -0.25) is 9.48 Å². The number of hydrogen-bond acceptors (Lipinski definition) is 4. The Morgan fingerprint density at radius 2 is 2.22 bits per heavy atom. The lowest BCUT2D eigenvalue weighted by atomic mass is 10.1. The van der Waals surface area contributed by atoms with Gasteiger partial charge in [0.25, 0.3) is 0 Å². The van der Waals surface area contributed by atoms with Gasteiger partial charge < -0.3 is 11.1 Å². The molecule has 0 aliphatic rings. The van der Waals surface area contributed by atoms with Crippen LogP contribution in [0.25, 0.3) is 0 Å². The van der Waals surface area contributed by atoms with Gasteiger partial charge in [0.05, 0.1) is 12.2 Å². The molecule has 0 aliphatic carbocycles. The molecule has 1 aromatic carbocycles. The number of nitrogens with one attached hydrogen (secondary N) is 1. The quantitative estimate of drug-likeness (QED) is 0.635. The summed E-state index contributed by atoms with van der Waals surface area (Å²) in [6, 6.07) is 7.31. The fraction of sp³-hybridized carbons (Fsp3) is 0.231. The van der Waals surface area contributed by atoms with Crippen molar-refractivity contribution in [3.8, 4) is 0 Å². The predicted molar refractivity (Wildman–Crippen MR) is 71.4 cm³/mol. The molecule has 2 aromatic rings. The second-order valence-corrected chi connectivity index (χ2v) is 4.16. The van der Waals surface area contributed by atoms with Gasteiger partial charge in [0.2, 0.25) is 0 Å². The fourth-order valence-electron chi connectivity index (χ4n) is 1.74. The minimum Gasteiger partial charge on any atom is -0.398 e. The van der Waals surface area contributed by atoms with Gasteiger partial charge in [-0.1, -0.05) is 0 Å². The maximum atomic E-state index is 11.4. The van der Waals surface area contributed by atoms with Crippen molar-refractivity contribution in [1.29, 1.82) is 0 Å². The molecule has 1 aromatic heterocycles. The van der Waals surface area contributed by atoms with Crippen molar-refractivity contribution in [3.05, 3.63) is 41.7 Å². The molecule has 5 nitrogen and oxygen atoms in total. The summed E-state index contributed by atoms with van der Waals surface area (Å²) < 4.78 is 1.80. The van der Waals surface area contributed by atoms with Crippen molar-refractivity contribution in [2.45, 2.75) is 13.5 Å². The molecule has 0 spiro atoms. The van der Waals surface area contributed by atoms with E-state index in [2.05, 4.69) is 10.4 Å². The molecule has 0 bridgehead atoms. The van der Waals surface area contributed by atoms with Gasteiger partial charge in [0.15, 0.2) is 5.78 Å². The SMILES string of the molecule is CC(=O)c1cc(NCc2ccnn2C)ccc1N. The Kier molecular flexibility index (Phi) is 3.32. The molecule has 0 saturated heterocycles. The van der Waals surface area contributed by atoms with Crippen molar-refractivity contribution in [2.24, 2.45) is 7.05 Å². The van der Waals surface area contributed by atoms with Crippen LogP contribution < -0.4 is 11.1 Å². The third-order valence-electron chi connectivity index (χ3n) is 2.83. The summed E-state index contributed by atoms with van der Waals surface area (Å²) in [5.41, 5.74) is 8.73. The molecule has 5 heteroatoms. The Morgan fingerprint density at radius 3 is 2.83 bits per heavy atom. The van der Waals surface area contributed by atoms with Crippen LogP contribution in [0.2, 0.25) is 0 Å². The first-order valence-electron chi connectivity index (χ1n) is 5.69. The number of nitrogens with zero attached hydrogens (tertiary/aromatic N) is 2. The highest BCUT2D eigenvalue weighted by Crippen LogP contribution is 2.18. The van der Waals surface area contributed by atoms with Gasteiger partial charge in [0.1, 0.15) is 0 Å². The number of aromatic nitrogens is 2. The van der Waals surface area contributed by atoms with Crippen LogP contribution in [0.5, 0.6) is 0 Å². The normalized spacial score (nSPS) is 10.3. The Morgan fingerprint density at radius 1 is 1.44 bits per heavy atom. The average molecular weight is 244 g/mol. The maximum absolute atomic E-state index is 11.4. The lowest BCUT2D eigenvalue weighted by Gasteiger charge is -2.09. The summed E-state index contributed by atoms with van der Waals surface area (Å²) >= 11 is 0. The molecule has 0 unspecified atom stereocenters. The highest BCUT2D eigenvalue weighted by atomic mass is 16.1.